The van der Waals surface area contributed by atoms with Gasteiger partial charge >= 0.3 is 0 Å². The molecule has 0 spiro atoms. The average molecular weight is 400 g/mol. The summed E-state index contributed by atoms with van der Waals surface area (Å²) in [4.78, 5) is 22.3. The van der Waals surface area contributed by atoms with Gasteiger partial charge in [0.1, 0.15) is 5.69 Å². The lowest BCUT2D eigenvalue weighted by molar-refractivity contribution is 0.0973. The van der Waals surface area contributed by atoms with Crippen molar-refractivity contribution in [3.8, 4) is 0 Å². The molecular formula is C21H29N5OS. The van der Waals surface area contributed by atoms with Crippen molar-refractivity contribution in [3.05, 3.63) is 40.7 Å². The van der Waals surface area contributed by atoms with Gasteiger partial charge in [-0.3, -0.25) is 14.4 Å². The number of fused-ring (bicyclic) bond motifs is 1. The third-order valence-corrected chi connectivity index (χ3v) is 5.93. The number of benzene rings is 1. The number of thiazole rings is 1. The number of hydrogen-bond donors (Lipinski definition) is 0. The van der Waals surface area contributed by atoms with Crippen molar-refractivity contribution in [1.29, 1.82) is 0 Å². The van der Waals surface area contributed by atoms with Crippen molar-refractivity contribution < 1.29 is 4.79 Å². The van der Waals surface area contributed by atoms with Gasteiger partial charge in [-0.05, 0) is 72.0 Å². The van der Waals surface area contributed by atoms with Crippen molar-refractivity contribution in [2.24, 2.45) is 0 Å². The largest absolute Gasteiger partial charge is 0.308 e. The Kier molecular flexibility index (Phi) is 5.86. The second-order valence-corrected chi connectivity index (χ2v) is 8.83. The van der Waals surface area contributed by atoms with E-state index in [-0.39, 0.29) is 11.9 Å². The first kappa shape index (κ1) is 20.5. The minimum Gasteiger partial charge on any atom is -0.308 e. The summed E-state index contributed by atoms with van der Waals surface area (Å²) < 4.78 is 2.91. The van der Waals surface area contributed by atoms with Crippen LogP contribution in [0.2, 0.25) is 0 Å². The maximum absolute atomic E-state index is 13.5. The molecular weight excluding hydrogens is 370 g/mol. The number of aromatic nitrogens is 3. The normalized spacial score (nSPS) is 11.8. The molecule has 0 N–H and O–H groups in total. The van der Waals surface area contributed by atoms with Gasteiger partial charge in [0, 0.05) is 19.1 Å². The van der Waals surface area contributed by atoms with Gasteiger partial charge in [0.15, 0.2) is 5.13 Å². The molecule has 1 aromatic carbocycles. The molecule has 0 saturated heterocycles. The molecule has 2 aromatic heterocycles. The van der Waals surface area contributed by atoms with Gasteiger partial charge in [-0.2, -0.15) is 5.10 Å². The van der Waals surface area contributed by atoms with E-state index < -0.39 is 0 Å². The number of likely N-dealkylation sites (N-methyl/N-ethyl adjacent to an activating group) is 1. The van der Waals surface area contributed by atoms with Crippen molar-refractivity contribution in [3.63, 3.8) is 0 Å². The number of hydrogen-bond acceptors (Lipinski definition) is 5. The zero-order valence-corrected chi connectivity index (χ0v) is 18.6. The number of anilines is 1. The predicted octanol–water partition coefficient (Wildman–Crippen LogP) is 4.21. The van der Waals surface area contributed by atoms with E-state index >= 15 is 0 Å². The minimum absolute atomic E-state index is 0.0513. The number of nitrogens with zero attached hydrogens (tertiary/aromatic N) is 5. The number of aryl methyl sites for hydroxylation is 3. The lowest BCUT2D eigenvalue weighted by Crippen LogP contribution is -2.38. The summed E-state index contributed by atoms with van der Waals surface area (Å²) in [5.41, 5.74) is 4.82. The van der Waals surface area contributed by atoms with E-state index in [1.54, 1.807) is 16.2 Å². The third-order valence-electron chi connectivity index (χ3n) is 4.89. The lowest BCUT2D eigenvalue weighted by atomic mass is 10.1. The number of carbonyl (C=O) groups is 1. The van der Waals surface area contributed by atoms with Crippen LogP contribution in [0.3, 0.4) is 0 Å². The Morgan fingerprint density at radius 1 is 1.18 bits per heavy atom. The van der Waals surface area contributed by atoms with E-state index in [2.05, 4.69) is 36.0 Å². The Morgan fingerprint density at radius 2 is 1.89 bits per heavy atom. The molecule has 150 valence electrons. The molecule has 0 aliphatic rings. The maximum atomic E-state index is 13.5. The van der Waals surface area contributed by atoms with Crippen LogP contribution >= 0.6 is 11.3 Å². The summed E-state index contributed by atoms with van der Waals surface area (Å²) in [6.07, 6.45) is 0. The van der Waals surface area contributed by atoms with E-state index in [4.69, 9.17) is 4.98 Å². The standard InChI is InChI=1S/C21H29N5OS/c1-13(2)26-17(12-15(4)23-26)20(27)25(11-10-24(6)7)21-22-19-16(5)14(3)8-9-18(19)28-21/h8-9,12-13H,10-11H2,1-7H3. The first-order valence-electron chi connectivity index (χ1n) is 9.58. The van der Waals surface area contributed by atoms with Crippen LogP contribution in [0.1, 0.15) is 47.2 Å². The Balaban J connectivity index is 2.07. The van der Waals surface area contributed by atoms with Crippen LogP contribution < -0.4 is 4.90 Å². The fraction of sp³-hybridized carbons (Fsp3) is 0.476. The van der Waals surface area contributed by atoms with Gasteiger partial charge in [0.2, 0.25) is 0 Å². The molecule has 0 fully saturated rings. The predicted molar refractivity (Wildman–Crippen MR) is 117 cm³/mol. The molecule has 7 heteroatoms. The summed E-state index contributed by atoms with van der Waals surface area (Å²) in [5.74, 6) is -0.0513. The highest BCUT2D eigenvalue weighted by molar-refractivity contribution is 7.22. The topological polar surface area (TPSA) is 54.3 Å². The average Bonchev–Trinajstić information content (AvgIpc) is 3.22. The quantitative estimate of drug-likeness (QED) is 0.623. The van der Waals surface area contributed by atoms with E-state index in [0.29, 0.717) is 12.2 Å². The molecule has 28 heavy (non-hydrogen) atoms. The Labute approximate surface area is 170 Å². The zero-order chi connectivity index (χ0) is 20.6. The van der Waals surface area contributed by atoms with Gasteiger partial charge in [0.05, 0.1) is 15.9 Å². The summed E-state index contributed by atoms with van der Waals surface area (Å²) in [6, 6.07) is 6.19. The van der Waals surface area contributed by atoms with Gasteiger partial charge in [0.25, 0.3) is 5.91 Å². The van der Waals surface area contributed by atoms with Crippen molar-refractivity contribution >= 4 is 32.6 Å². The smallest absolute Gasteiger partial charge is 0.278 e. The Morgan fingerprint density at radius 3 is 2.54 bits per heavy atom. The molecule has 3 aromatic rings. The van der Waals surface area contributed by atoms with Crippen LogP contribution in [0.15, 0.2) is 18.2 Å². The SMILES string of the molecule is Cc1cc(C(=O)N(CCN(C)C)c2nc3c(C)c(C)ccc3s2)n(C(C)C)n1. The first-order chi connectivity index (χ1) is 13.2. The Hall–Kier alpha value is -2.25. The summed E-state index contributed by atoms with van der Waals surface area (Å²) in [5, 5.41) is 5.25. The zero-order valence-electron chi connectivity index (χ0n) is 17.8. The van der Waals surface area contributed by atoms with Gasteiger partial charge in [-0.1, -0.05) is 17.4 Å². The molecule has 6 nitrogen and oxygen atoms in total. The molecule has 0 radical (unpaired) electrons. The maximum Gasteiger partial charge on any atom is 0.278 e. The molecule has 1 amide bonds. The van der Waals surface area contributed by atoms with Gasteiger partial charge < -0.3 is 4.90 Å². The molecule has 0 aliphatic carbocycles. The van der Waals surface area contributed by atoms with Crippen LogP contribution in [-0.2, 0) is 0 Å². The summed E-state index contributed by atoms with van der Waals surface area (Å²) in [6.45, 7) is 11.5. The highest BCUT2D eigenvalue weighted by Crippen LogP contribution is 2.32. The van der Waals surface area contributed by atoms with Crippen molar-refractivity contribution in [2.75, 3.05) is 32.1 Å². The van der Waals surface area contributed by atoms with Crippen LogP contribution in [-0.4, -0.2) is 52.8 Å². The van der Waals surface area contributed by atoms with Gasteiger partial charge in [-0.25, -0.2) is 4.98 Å². The molecule has 0 saturated carbocycles. The second-order valence-electron chi connectivity index (χ2n) is 7.82. The minimum atomic E-state index is -0.0513. The summed E-state index contributed by atoms with van der Waals surface area (Å²) in [7, 11) is 4.02. The highest BCUT2D eigenvalue weighted by atomic mass is 32.1. The highest BCUT2D eigenvalue weighted by Gasteiger charge is 2.26. The van der Waals surface area contributed by atoms with Crippen LogP contribution in [0.5, 0.6) is 0 Å². The lowest BCUT2D eigenvalue weighted by Gasteiger charge is -2.22. The molecule has 0 unspecified atom stereocenters. The van der Waals surface area contributed by atoms with E-state index in [0.717, 1.165) is 27.6 Å². The molecule has 0 bridgehead atoms. The fourth-order valence-corrected chi connectivity index (χ4v) is 4.17. The number of rotatable bonds is 6. The molecule has 3 rings (SSSR count). The van der Waals surface area contributed by atoms with Crippen molar-refractivity contribution in [1.82, 2.24) is 19.7 Å². The second kappa shape index (κ2) is 8.01. The van der Waals surface area contributed by atoms with E-state index in [1.807, 2.05) is 45.6 Å². The van der Waals surface area contributed by atoms with Crippen LogP contribution in [0, 0.1) is 20.8 Å². The van der Waals surface area contributed by atoms with Crippen molar-refractivity contribution in [2.45, 2.75) is 40.7 Å². The van der Waals surface area contributed by atoms with Crippen LogP contribution in [0.4, 0.5) is 5.13 Å². The van der Waals surface area contributed by atoms with Crippen LogP contribution in [0.25, 0.3) is 10.2 Å². The number of amides is 1. The number of carbonyl (C=O) groups excluding carboxylic acids is 1. The Bertz CT molecular complexity index is 1000. The molecule has 0 atom stereocenters. The molecule has 0 aliphatic heterocycles. The van der Waals surface area contributed by atoms with E-state index in [9.17, 15) is 4.79 Å². The van der Waals surface area contributed by atoms with Gasteiger partial charge in [-0.15, -0.1) is 0 Å². The summed E-state index contributed by atoms with van der Waals surface area (Å²) >= 11 is 1.57. The fourth-order valence-electron chi connectivity index (χ4n) is 3.12. The third kappa shape index (κ3) is 3.95. The van der Waals surface area contributed by atoms with E-state index in [1.165, 1.54) is 11.1 Å². The molecule has 2 heterocycles. The first-order valence-corrected chi connectivity index (χ1v) is 10.4. The monoisotopic (exact) mass is 399 g/mol.